The fraction of sp³-hybridized carbons (Fsp3) is 0.353. The Morgan fingerprint density at radius 3 is 2.38 bits per heavy atom. The third-order valence-corrected chi connectivity index (χ3v) is 4.71. The number of hydrogen-bond acceptors (Lipinski definition) is 4. The number of aryl methyl sites for hydroxylation is 2. The molecule has 0 spiro atoms. The molecule has 9 heteroatoms. The summed E-state index contributed by atoms with van der Waals surface area (Å²) in [6, 6.07) is 7.81. The van der Waals surface area contributed by atoms with Crippen LogP contribution in [-0.2, 0) is 11.2 Å². The van der Waals surface area contributed by atoms with Crippen molar-refractivity contribution in [2.24, 2.45) is 0 Å². The van der Waals surface area contributed by atoms with Crippen LogP contribution in [0.1, 0.15) is 27.9 Å². The highest BCUT2D eigenvalue weighted by Crippen LogP contribution is 2.28. The lowest BCUT2D eigenvalue weighted by Crippen LogP contribution is -2.40. The molecule has 0 saturated carbocycles. The second-order valence-corrected chi connectivity index (χ2v) is 6.56. The SMILES string of the molecule is CCc1ccc(-c2nc(C)c(C(=O)NCC(=O)NCC(F)(F)F)s2)cc1. The number of nitrogens with zero attached hydrogens (tertiary/aromatic N) is 1. The summed E-state index contributed by atoms with van der Waals surface area (Å²) in [5, 5.41) is 4.67. The van der Waals surface area contributed by atoms with E-state index in [4.69, 9.17) is 0 Å². The van der Waals surface area contributed by atoms with Gasteiger partial charge in [-0.3, -0.25) is 9.59 Å². The Balaban J connectivity index is 1.99. The van der Waals surface area contributed by atoms with E-state index in [1.54, 1.807) is 12.2 Å². The number of carbonyl (C=O) groups is 2. The fourth-order valence-corrected chi connectivity index (χ4v) is 3.10. The number of aromatic nitrogens is 1. The molecule has 0 bridgehead atoms. The van der Waals surface area contributed by atoms with E-state index >= 15 is 0 Å². The first-order valence-corrected chi connectivity index (χ1v) is 8.69. The second-order valence-electron chi connectivity index (χ2n) is 5.56. The van der Waals surface area contributed by atoms with Crippen LogP contribution in [-0.4, -0.2) is 36.1 Å². The maximum atomic E-state index is 12.2. The van der Waals surface area contributed by atoms with E-state index in [2.05, 4.69) is 17.2 Å². The van der Waals surface area contributed by atoms with Crippen LogP contribution in [0.2, 0.25) is 0 Å². The molecule has 2 N–H and O–H groups in total. The summed E-state index contributed by atoms with van der Waals surface area (Å²) in [6.45, 7) is 1.75. The molecule has 0 unspecified atom stereocenters. The van der Waals surface area contributed by atoms with Crippen LogP contribution in [0.3, 0.4) is 0 Å². The van der Waals surface area contributed by atoms with Crippen molar-refractivity contribution in [3.05, 3.63) is 40.4 Å². The molecule has 2 amide bonds. The van der Waals surface area contributed by atoms with Gasteiger partial charge in [0.2, 0.25) is 5.91 Å². The number of thiazole rings is 1. The zero-order chi connectivity index (χ0) is 19.3. The smallest absolute Gasteiger partial charge is 0.345 e. The summed E-state index contributed by atoms with van der Waals surface area (Å²) >= 11 is 1.17. The van der Waals surface area contributed by atoms with Crippen LogP contribution in [0.15, 0.2) is 24.3 Å². The molecule has 0 saturated heterocycles. The summed E-state index contributed by atoms with van der Waals surface area (Å²) < 4.78 is 36.1. The van der Waals surface area contributed by atoms with Gasteiger partial charge in [-0.25, -0.2) is 4.98 Å². The molecule has 140 valence electrons. The Bertz CT molecular complexity index is 786. The van der Waals surface area contributed by atoms with Crippen LogP contribution in [0.4, 0.5) is 13.2 Å². The first-order chi connectivity index (χ1) is 12.2. The van der Waals surface area contributed by atoms with Crippen molar-refractivity contribution >= 4 is 23.2 Å². The van der Waals surface area contributed by atoms with E-state index in [1.807, 2.05) is 24.3 Å². The minimum atomic E-state index is -4.49. The van der Waals surface area contributed by atoms with Crippen LogP contribution in [0.5, 0.6) is 0 Å². The molecule has 0 aliphatic heterocycles. The predicted octanol–water partition coefficient (Wildman–Crippen LogP) is 3.09. The lowest BCUT2D eigenvalue weighted by molar-refractivity contribution is -0.137. The summed E-state index contributed by atoms with van der Waals surface area (Å²) in [7, 11) is 0. The minimum Gasteiger partial charge on any atom is -0.345 e. The molecule has 0 fully saturated rings. The zero-order valence-electron chi connectivity index (χ0n) is 14.2. The molecule has 0 aliphatic carbocycles. The highest BCUT2D eigenvalue weighted by molar-refractivity contribution is 7.17. The Labute approximate surface area is 152 Å². The zero-order valence-corrected chi connectivity index (χ0v) is 15.1. The molecule has 0 radical (unpaired) electrons. The molecule has 0 aliphatic rings. The average molecular weight is 385 g/mol. The van der Waals surface area contributed by atoms with Crippen molar-refractivity contribution in [1.82, 2.24) is 15.6 Å². The van der Waals surface area contributed by atoms with Gasteiger partial charge in [0.25, 0.3) is 5.91 Å². The summed E-state index contributed by atoms with van der Waals surface area (Å²) in [5.74, 6) is -1.45. The van der Waals surface area contributed by atoms with E-state index in [9.17, 15) is 22.8 Å². The van der Waals surface area contributed by atoms with Gasteiger partial charge in [-0.05, 0) is 18.9 Å². The first-order valence-electron chi connectivity index (χ1n) is 7.88. The summed E-state index contributed by atoms with van der Waals surface area (Å²) in [4.78, 5) is 28.2. The minimum absolute atomic E-state index is 0.322. The van der Waals surface area contributed by atoms with Gasteiger partial charge in [0.1, 0.15) is 16.4 Å². The molecule has 1 aromatic heterocycles. The number of carbonyl (C=O) groups excluding carboxylic acids is 2. The van der Waals surface area contributed by atoms with Gasteiger partial charge in [-0.1, -0.05) is 31.2 Å². The topological polar surface area (TPSA) is 71.1 Å². The number of halogens is 3. The van der Waals surface area contributed by atoms with Gasteiger partial charge >= 0.3 is 6.18 Å². The fourth-order valence-electron chi connectivity index (χ4n) is 2.12. The Hall–Kier alpha value is -2.42. The van der Waals surface area contributed by atoms with Crippen molar-refractivity contribution in [3.63, 3.8) is 0 Å². The van der Waals surface area contributed by atoms with Gasteiger partial charge < -0.3 is 10.6 Å². The molecule has 26 heavy (non-hydrogen) atoms. The van der Waals surface area contributed by atoms with Crippen LogP contribution in [0, 0.1) is 6.92 Å². The maximum absolute atomic E-state index is 12.2. The largest absolute Gasteiger partial charge is 0.405 e. The van der Waals surface area contributed by atoms with E-state index in [0.29, 0.717) is 15.6 Å². The van der Waals surface area contributed by atoms with Crippen molar-refractivity contribution in [2.45, 2.75) is 26.4 Å². The molecule has 2 aromatic rings. The van der Waals surface area contributed by atoms with E-state index < -0.39 is 31.1 Å². The lowest BCUT2D eigenvalue weighted by Gasteiger charge is -2.08. The molecular formula is C17H18F3N3O2S. The number of hydrogen-bond donors (Lipinski definition) is 2. The van der Waals surface area contributed by atoms with Crippen LogP contribution < -0.4 is 10.6 Å². The maximum Gasteiger partial charge on any atom is 0.405 e. The Morgan fingerprint density at radius 1 is 1.15 bits per heavy atom. The van der Waals surface area contributed by atoms with E-state index in [0.717, 1.165) is 12.0 Å². The lowest BCUT2D eigenvalue weighted by atomic mass is 10.1. The normalized spacial score (nSPS) is 11.3. The molecule has 5 nitrogen and oxygen atoms in total. The molecule has 1 aromatic carbocycles. The summed E-state index contributed by atoms with van der Waals surface area (Å²) in [6.07, 6.45) is -3.57. The molecule has 2 rings (SSSR count). The van der Waals surface area contributed by atoms with E-state index in [1.165, 1.54) is 16.9 Å². The molecule has 1 heterocycles. The predicted molar refractivity (Wildman–Crippen MR) is 93.1 cm³/mol. The number of alkyl halides is 3. The van der Waals surface area contributed by atoms with Gasteiger partial charge in [0.05, 0.1) is 12.2 Å². The standard InChI is InChI=1S/C17H18F3N3O2S/c1-3-11-4-6-12(7-5-11)16-23-10(2)14(26-16)15(25)21-8-13(24)22-9-17(18,19)20/h4-7H,3,8-9H2,1-2H3,(H,21,25)(H,22,24). The van der Waals surface area contributed by atoms with Crippen molar-refractivity contribution in [2.75, 3.05) is 13.1 Å². The third kappa shape index (κ3) is 5.55. The Kier molecular flexibility index (Phi) is 6.36. The van der Waals surface area contributed by atoms with Gasteiger partial charge in [-0.2, -0.15) is 13.2 Å². The number of amides is 2. The van der Waals surface area contributed by atoms with Crippen molar-refractivity contribution < 1.29 is 22.8 Å². The highest BCUT2D eigenvalue weighted by Gasteiger charge is 2.27. The molecule has 0 atom stereocenters. The number of rotatable bonds is 6. The summed E-state index contributed by atoms with van der Waals surface area (Å²) in [5.41, 5.74) is 2.56. The van der Waals surface area contributed by atoms with Crippen LogP contribution >= 0.6 is 11.3 Å². The van der Waals surface area contributed by atoms with E-state index in [-0.39, 0.29) is 0 Å². The van der Waals surface area contributed by atoms with Gasteiger partial charge in [0.15, 0.2) is 0 Å². The van der Waals surface area contributed by atoms with Crippen molar-refractivity contribution in [1.29, 1.82) is 0 Å². The quantitative estimate of drug-likeness (QED) is 0.803. The Morgan fingerprint density at radius 2 is 1.81 bits per heavy atom. The first kappa shape index (κ1) is 19.9. The van der Waals surface area contributed by atoms with Gasteiger partial charge in [0, 0.05) is 5.56 Å². The monoisotopic (exact) mass is 385 g/mol. The third-order valence-electron chi connectivity index (χ3n) is 3.51. The van der Waals surface area contributed by atoms with Crippen LogP contribution in [0.25, 0.3) is 10.6 Å². The highest BCUT2D eigenvalue weighted by atomic mass is 32.1. The number of benzene rings is 1. The van der Waals surface area contributed by atoms with Crippen molar-refractivity contribution in [3.8, 4) is 10.6 Å². The number of nitrogens with one attached hydrogen (secondary N) is 2. The van der Waals surface area contributed by atoms with Gasteiger partial charge in [-0.15, -0.1) is 11.3 Å². The average Bonchev–Trinajstić information content (AvgIpc) is 2.99. The second kappa shape index (κ2) is 8.31. The molecular weight excluding hydrogens is 367 g/mol.